The Kier molecular flexibility index (Phi) is 14.7. The summed E-state index contributed by atoms with van der Waals surface area (Å²) in [7, 11) is 0. The third kappa shape index (κ3) is 13.2. The highest BCUT2D eigenvalue weighted by Gasteiger charge is 2.01. The van der Waals surface area contributed by atoms with Crippen molar-refractivity contribution in [1.29, 1.82) is 0 Å². The lowest BCUT2D eigenvalue weighted by Crippen LogP contribution is -2.17. The van der Waals surface area contributed by atoms with Gasteiger partial charge in [-0.1, -0.05) is 18.2 Å². The van der Waals surface area contributed by atoms with Crippen molar-refractivity contribution in [3.8, 4) is 0 Å². The summed E-state index contributed by atoms with van der Waals surface area (Å²) in [6.45, 7) is 8.93. The predicted molar refractivity (Wildman–Crippen MR) is 66.0 cm³/mol. The second kappa shape index (κ2) is 11.2. The van der Waals surface area contributed by atoms with E-state index in [4.69, 9.17) is 5.11 Å². The molecular formula is C10H21ClN2O2. The zero-order valence-corrected chi connectivity index (χ0v) is 10.2. The SMILES string of the molecule is C=C(CCNCC=C(C)C)C(=O)O.Cl.N. The first-order valence-electron chi connectivity index (χ1n) is 4.29. The number of halogens is 1. The van der Waals surface area contributed by atoms with Crippen molar-refractivity contribution in [3.63, 3.8) is 0 Å². The Labute approximate surface area is 97.4 Å². The number of hydrogen-bond acceptors (Lipinski definition) is 3. The van der Waals surface area contributed by atoms with Crippen molar-refractivity contribution < 1.29 is 9.90 Å². The van der Waals surface area contributed by atoms with Gasteiger partial charge in [-0.2, -0.15) is 0 Å². The van der Waals surface area contributed by atoms with Gasteiger partial charge in [0.25, 0.3) is 0 Å². The molecule has 0 aliphatic carbocycles. The lowest BCUT2D eigenvalue weighted by molar-refractivity contribution is -0.132. The summed E-state index contributed by atoms with van der Waals surface area (Å²) in [5.41, 5.74) is 1.51. The number of hydrogen-bond donors (Lipinski definition) is 3. The van der Waals surface area contributed by atoms with E-state index in [0.717, 1.165) is 6.54 Å². The summed E-state index contributed by atoms with van der Waals surface area (Å²) in [4.78, 5) is 10.3. The summed E-state index contributed by atoms with van der Waals surface area (Å²) in [6, 6.07) is 0. The van der Waals surface area contributed by atoms with E-state index >= 15 is 0 Å². The number of carbonyl (C=O) groups is 1. The van der Waals surface area contributed by atoms with Crippen LogP contribution in [0.1, 0.15) is 20.3 Å². The lowest BCUT2D eigenvalue weighted by atomic mass is 10.2. The van der Waals surface area contributed by atoms with E-state index < -0.39 is 5.97 Å². The first kappa shape index (κ1) is 19.7. The number of rotatable bonds is 6. The van der Waals surface area contributed by atoms with Gasteiger partial charge < -0.3 is 16.6 Å². The monoisotopic (exact) mass is 236 g/mol. The second-order valence-corrected chi connectivity index (χ2v) is 3.14. The summed E-state index contributed by atoms with van der Waals surface area (Å²) in [5, 5.41) is 11.6. The number of carboxylic acid groups (broad SMARTS) is 1. The zero-order valence-electron chi connectivity index (χ0n) is 9.38. The maximum absolute atomic E-state index is 10.3. The summed E-state index contributed by atoms with van der Waals surface area (Å²) in [6.07, 6.45) is 2.55. The van der Waals surface area contributed by atoms with Crippen LogP contribution in [0.2, 0.25) is 0 Å². The fourth-order valence-corrected chi connectivity index (χ4v) is 0.725. The van der Waals surface area contributed by atoms with Gasteiger partial charge in [-0.05, 0) is 26.8 Å². The van der Waals surface area contributed by atoms with Gasteiger partial charge in [0, 0.05) is 12.1 Å². The minimum Gasteiger partial charge on any atom is -0.478 e. The number of carboxylic acids is 1. The van der Waals surface area contributed by atoms with E-state index in [-0.39, 0.29) is 24.1 Å². The van der Waals surface area contributed by atoms with Gasteiger partial charge in [0.15, 0.2) is 0 Å². The van der Waals surface area contributed by atoms with Crippen molar-refractivity contribution in [3.05, 3.63) is 23.8 Å². The average Bonchev–Trinajstić information content (AvgIpc) is 2.02. The standard InChI is InChI=1S/C10H17NO2.ClH.H3N/c1-8(2)4-6-11-7-5-9(3)10(12)13;;/h4,11H,3,5-7H2,1-2H3,(H,12,13);1H;1H3. The second-order valence-electron chi connectivity index (χ2n) is 3.14. The molecule has 0 aromatic heterocycles. The fraction of sp³-hybridized carbons (Fsp3) is 0.500. The Bertz CT molecular complexity index is 223. The molecule has 90 valence electrons. The molecule has 0 aromatic carbocycles. The van der Waals surface area contributed by atoms with Gasteiger partial charge in [0.2, 0.25) is 0 Å². The van der Waals surface area contributed by atoms with Crippen molar-refractivity contribution in [2.45, 2.75) is 20.3 Å². The first-order valence-corrected chi connectivity index (χ1v) is 4.29. The maximum atomic E-state index is 10.3. The minimum absolute atomic E-state index is 0. The van der Waals surface area contributed by atoms with Crippen LogP contribution in [-0.4, -0.2) is 24.2 Å². The molecule has 5 N–H and O–H groups in total. The van der Waals surface area contributed by atoms with E-state index in [1.807, 2.05) is 13.8 Å². The molecule has 4 nitrogen and oxygen atoms in total. The summed E-state index contributed by atoms with van der Waals surface area (Å²) < 4.78 is 0. The number of nitrogens with one attached hydrogen (secondary N) is 1. The van der Waals surface area contributed by atoms with E-state index in [0.29, 0.717) is 13.0 Å². The zero-order chi connectivity index (χ0) is 10.3. The van der Waals surface area contributed by atoms with Gasteiger partial charge in [0.1, 0.15) is 0 Å². The van der Waals surface area contributed by atoms with Crippen LogP contribution in [0.15, 0.2) is 23.8 Å². The fourth-order valence-electron chi connectivity index (χ4n) is 0.725. The van der Waals surface area contributed by atoms with Crippen molar-refractivity contribution in [2.75, 3.05) is 13.1 Å². The van der Waals surface area contributed by atoms with E-state index in [2.05, 4.69) is 18.0 Å². The molecule has 15 heavy (non-hydrogen) atoms. The topological polar surface area (TPSA) is 84.3 Å². The highest BCUT2D eigenvalue weighted by molar-refractivity contribution is 5.85. The smallest absolute Gasteiger partial charge is 0.330 e. The Morgan fingerprint density at radius 1 is 1.47 bits per heavy atom. The largest absolute Gasteiger partial charge is 0.478 e. The van der Waals surface area contributed by atoms with Crippen LogP contribution in [0, 0.1) is 0 Å². The Morgan fingerprint density at radius 2 is 2.00 bits per heavy atom. The van der Waals surface area contributed by atoms with Gasteiger partial charge in [-0.25, -0.2) is 4.79 Å². The molecule has 0 heterocycles. The molecule has 0 bridgehead atoms. The molecule has 0 unspecified atom stereocenters. The predicted octanol–water partition coefficient (Wildman–Crippen LogP) is 2.16. The summed E-state index contributed by atoms with van der Waals surface area (Å²) in [5.74, 6) is -0.913. The van der Waals surface area contributed by atoms with Crippen LogP contribution in [-0.2, 0) is 4.79 Å². The maximum Gasteiger partial charge on any atom is 0.330 e. The van der Waals surface area contributed by atoms with Gasteiger partial charge in [-0.15, -0.1) is 12.4 Å². The van der Waals surface area contributed by atoms with Crippen LogP contribution >= 0.6 is 12.4 Å². The molecule has 0 saturated carbocycles. The highest BCUT2D eigenvalue weighted by atomic mass is 35.5. The Morgan fingerprint density at radius 3 is 2.40 bits per heavy atom. The molecule has 0 saturated heterocycles. The molecule has 5 heteroatoms. The quantitative estimate of drug-likeness (QED) is 0.375. The third-order valence-electron chi connectivity index (χ3n) is 1.56. The summed E-state index contributed by atoms with van der Waals surface area (Å²) >= 11 is 0. The van der Waals surface area contributed by atoms with Crippen molar-refractivity contribution in [1.82, 2.24) is 11.5 Å². The normalized spacial score (nSPS) is 8.13. The molecule has 0 aliphatic rings. The average molecular weight is 237 g/mol. The lowest BCUT2D eigenvalue weighted by Gasteiger charge is -2.01. The third-order valence-corrected chi connectivity index (χ3v) is 1.56. The van der Waals surface area contributed by atoms with Crippen LogP contribution in [0.25, 0.3) is 0 Å². The van der Waals surface area contributed by atoms with Crippen LogP contribution in [0.4, 0.5) is 0 Å². The van der Waals surface area contributed by atoms with Gasteiger partial charge >= 0.3 is 5.97 Å². The molecular weight excluding hydrogens is 216 g/mol. The molecule has 0 atom stereocenters. The number of allylic oxidation sites excluding steroid dienone is 1. The van der Waals surface area contributed by atoms with Crippen LogP contribution in [0.5, 0.6) is 0 Å². The molecule has 0 radical (unpaired) electrons. The van der Waals surface area contributed by atoms with E-state index in [9.17, 15) is 4.79 Å². The van der Waals surface area contributed by atoms with Crippen LogP contribution in [0.3, 0.4) is 0 Å². The molecule has 0 rings (SSSR count). The molecule has 0 aromatic rings. The van der Waals surface area contributed by atoms with E-state index in [1.54, 1.807) is 0 Å². The number of aliphatic carboxylic acids is 1. The minimum atomic E-state index is -0.913. The molecule has 0 spiro atoms. The van der Waals surface area contributed by atoms with Crippen LogP contribution < -0.4 is 11.5 Å². The van der Waals surface area contributed by atoms with Crippen molar-refractivity contribution in [2.24, 2.45) is 0 Å². The molecule has 0 fully saturated rings. The molecule has 0 aliphatic heterocycles. The Balaban J connectivity index is -0.000000720. The van der Waals surface area contributed by atoms with Gasteiger partial charge in [-0.3, -0.25) is 0 Å². The molecule has 0 amide bonds. The van der Waals surface area contributed by atoms with E-state index in [1.165, 1.54) is 5.57 Å². The highest BCUT2D eigenvalue weighted by Crippen LogP contribution is 1.95. The first-order chi connectivity index (χ1) is 6.04. The van der Waals surface area contributed by atoms with Gasteiger partial charge in [0.05, 0.1) is 0 Å². The Hall–Kier alpha value is -0.840. The van der Waals surface area contributed by atoms with Crippen molar-refractivity contribution >= 4 is 18.4 Å².